The van der Waals surface area contributed by atoms with Gasteiger partial charge in [-0.2, -0.15) is 0 Å². The molecule has 3 rings (SSSR count). The normalized spacial score (nSPS) is 14.9. The number of rotatable bonds is 3. The Morgan fingerprint density at radius 1 is 1.10 bits per heavy atom. The molecule has 3 heteroatoms. The van der Waals surface area contributed by atoms with E-state index in [0.717, 1.165) is 6.07 Å². The number of carbonyl (C=O) groups excluding carboxylic acids is 1. The zero-order valence-electron chi connectivity index (χ0n) is 10.9. The Labute approximate surface area is 122 Å². The van der Waals surface area contributed by atoms with E-state index >= 15 is 0 Å². The van der Waals surface area contributed by atoms with E-state index < -0.39 is 5.82 Å². The van der Waals surface area contributed by atoms with E-state index in [1.165, 1.54) is 37.0 Å². The van der Waals surface area contributed by atoms with E-state index in [1.54, 1.807) is 12.1 Å². The molecule has 0 saturated heterocycles. The zero-order valence-corrected chi connectivity index (χ0v) is 11.7. The van der Waals surface area contributed by atoms with Crippen LogP contribution < -0.4 is 0 Å². The summed E-state index contributed by atoms with van der Waals surface area (Å²) >= 11 is 5.69. The monoisotopic (exact) mass is 288 g/mol. The van der Waals surface area contributed by atoms with Crippen LogP contribution in [0.5, 0.6) is 0 Å². The molecule has 0 radical (unpaired) electrons. The van der Waals surface area contributed by atoms with Crippen LogP contribution in [0.15, 0.2) is 42.5 Å². The SMILES string of the molecule is O=C(c1ccc(C2CCC2)cc1)c1ccc(Cl)cc1F. The van der Waals surface area contributed by atoms with Crippen LogP contribution in [0.25, 0.3) is 0 Å². The van der Waals surface area contributed by atoms with E-state index in [2.05, 4.69) is 0 Å². The van der Waals surface area contributed by atoms with Gasteiger partial charge in [0.15, 0.2) is 5.78 Å². The lowest BCUT2D eigenvalue weighted by atomic mass is 9.80. The van der Waals surface area contributed by atoms with E-state index in [9.17, 15) is 9.18 Å². The summed E-state index contributed by atoms with van der Waals surface area (Å²) in [5.74, 6) is -0.253. The van der Waals surface area contributed by atoms with Crippen LogP contribution in [0.1, 0.15) is 46.7 Å². The number of hydrogen-bond donors (Lipinski definition) is 0. The lowest BCUT2D eigenvalue weighted by Crippen LogP contribution is -2.09. The molecule has 0 atom stereocenters. The highest BCUT2D eigenvalue weighted by Crippen LogP contribution is 2.36. The van der Waals surface area contributed by atoms with Gasteiger partial charge in [0.25, 0.3) is 0 Å². The van der Waals surface area contributed by atoms with Crippen molar-refractivity contribution in [3.05, 3.63) is 70.0 Å². The third-order valence-corrected chi connectivity index (χ3v) is 4.16. The molecule has 0 spiro atoms. The Balaban J connectivity index is 1.86. The minimum atomic E-state index is -0.578. The quantitative estimate of drug-likeness (QED) is 0.728. The number of halogens is 2. The fourth-order valence-corrected chi connectivity index (χ4v) is 2.64. The van der Waals surface area contributed by atoms with Crippen LogP contribution in [-0.4, -0.2) is 5.78 Å². The Bertz CT molecular complexity index is 645. The number of carbonyl (C=O) groups is 1. The van der Waals surface area contributed by atoms with Gasteiger partial charge >= 0.3 is 0 Å². The average Bonchev–Trinajstić information content (AvgIpc) is 2.37. The van der Waals surface area contributed by atoms with Crippen molar-refractivity contribution < 1.29 is 9.18 Å². The lowest BCUT2D eigenvalue weighted by Gasteiger charge is -2.25. The van der Waals surface area contributed by atoms with Gasteiger partial charge in [-0.25, -0.2) is 4.39 Å². The molecule has 0 aromatic heterocycles. The molecular weight excluding hydrogens is 275 g/mol. The summed E-state index contributed by atoms with van der Waals surface area (Å²) in [5, 5.41) is 0.291. The van der Waals surface area contributed by atoms with Crippen molar-refractivity contribution in [1.82, 2.24) is 0 Å². The molecule has 0 heterocycles. The van der Waals surface area contributed by atoms with Gasteiger partial charge in [0.1, 0.15) is 5.82 Å². The standard InChI is InChI=1S/C17H14ClFO/c18-14-8-9-15(16(19)10-14)17(20)13-6-4-12(5-7-13)11-2-1-3-11/h4-11H,1-3H2. The number of benzene rings is 2. The molecule has 0 amide bonds. The first-order valence-corrected chi connectivity index (χ1v) is 7.12. The van der Waals surface area contributed by atoms with Crippen LogP contribution >= 0.6 is 11.6 Å². The number of hydrogen-bond acceptors (Lipinski definition) is 1. The minimum absolute atomic E-state index is 0.0609. The van der Waals surface area contributed by atoms with Crippen molar-refractivity contribution in [3.63, 3.8) is 0 Å². The second-order valence-electron chi connectivity index (χ2n) is 5.20. The molecule has 1 aliphatic rings. The van der Waals surface area contributed by atoms with Crippen LogP contribution in [0.4, 0.5) is 4.39 Å². The van der Waals surface area contributed by atoms with Gasteiger partial charge in [0.05, 0.1) is 5.56 Å². The summed E-state index contributed by atoms with van der Waals surface area (Å²) in [6, 6.07) is 11.6. The van der Waals surface area contributed by atoms with E-state index in [0.29, 0.717) is 16.5 Å². The molecule has 1 saturated carbocycles. The maximum Gasteiger partial charge on any atom is 0.195 e. The van der Waals surface area contributed by atoms with Crippen molar-refractivity contribution in [3.8, 4) is 0 Å². The fraction of sp³-hybridized carbons (Fsp3) is 0.235. The van der Waals surface area contributed by atoms with Gasteiger partial charge in [-0.1, -0.05) is 42.3 Å². The Hall–Kier alpha value is -1.67. The third-order valence-electron chi connectivity index (χ3n) is 3.93. The highest BCUT2D eigenvalue weighted by molar-refractivity contribution is 6.30. The molecule has 1 nitrogen and oxygen atoms in total. The molecular formula is C17H14ClFO. The highest BCUT2D eigenvalue weighted by atomic mass is 35.5. The molecule has 2 aromatic rings. The smallest absolute Gasteiger partial charge is 0.195 e. The largest absolute Gasteiger partial charge is 0.288 e. The maximum atomic E-state index is 13.8. The van der Waals surface area contributed by atoms with Crippen LogP contribution in [0, 0.1) is 5.82 Å². The molecule has 2 aromatic carbocycles. The van der Waals surface area contributed by atoms with Crippen molar-refractivity contribution in [2.75, 3.05) is 0 Å². The van der Waals surface area contributed by atoms with Crippen LogP contribution in [-0.2, 0) is 0 Å². The van der Waals surface area contributed by atoms with E-state index in [1.807, 2.05) is 12.1 Å². The summed E-state index contributed by atoms with van der Waals surface area (Å²) in [5.41, 5.74) is 1.84. The first kappa shape index (κ1) is 13.3. The predicted octanol–water partition coefficient (Wildman–Crippen LogP) is 4.98. The highest BCUT2D eigenvalue weighted by Gasteiger charge is 2.20. The van der Waals surface area contributed by atoms with Crippen LogP contribution in [0.3, 0.4) is 0 Å². The summed E-state index contributed by atoms with van der Waals surface area (Å²) in [6.07, 6.45) is 3.72. The molecule has 0 N–H and O–H groups in total. The van der Waals surface area contributed by atoms with Gasteiger partial charge in [0.2, 0.25) is 0 Å². The van der Waals surface area contributed by atoms with Crippen molar-refractivity contribution in [2.45, 2.75) is 25.2 Å². The second kappa shape index (κ2) is 5.37. The van der Waals surface area contributed by atoms with Crippen molar-refractivity contribution in [2.24, 2.45) is 0 Å². The van der Waals surface area contributed by atoms with E-state index in [4.69, 9.17) is 11.6 Å². The van der Waals surface area contributed by atoms with Gasteiger partial charge < -0.3 is 0 Å². The third kappa shape index (κ3) is 2.48. The Morgan fingerprint density at radius 2 is 1.80 bits per heavy atom. The first-order valence-electron chi connectivity index (χ1n) is 6.75. The topological polar surface area (TPSA) is 17.1 Å². The molecule has 1 aliphatic carbocycles. The maximum absolute atomic E-state index is 13.8. The Kier molecular flexibility index (Phi) is 3.58. The van der Waals surface area contributed by atoms with Gasteiger partial charge in [-0.3, -0.25) is 4.79 Å². The van der Waals surface area contributed by atoms with E-state index in [-0.39, 0.29) is 11.3 Å². The molecule has 0 aliphatic heterocycles. The Morgan fingerprint density at radius 3 is 2.35 bits per heavy atom. The first-order chi connectivity index (χ1) is 9.65. The molecule has 102 valence electrons. The molecule has 1 fully saturated rings. The summed E-state index contributed by atoms with van der Waals surface area (Å²) < 4.78 is 13.8. The minimum Gasteiger partial charge on any atom is -0.288 e. The zero-order chi connectivity index (χ0) is 14.1. The molecule has 0 bridgehead atoms. The average molecular weight is 289 g/mol. The summed E-state index contributed by atoms with van der Waals surface area (Å²) in [4.78, 5) is 12.3. The predicted molar refractivity (Wildman–Crippen MR) is 77.9 cm³/mol. The van der Waals surface area contributed by atoms with Gasteiger partial charge in [-0.15, -0.1) is 0 Å². The second-order valence-corrected chi connectivity index (χ2v) is 5.64. The summed E-state index contributed by atoms with van der Waals surface area (Å²) in [6.45, 7) is 0. The van der Waals surface area contributed by atoms with Crippen molar-refractivity contribution >= 4 is 17.4 Å². The van der Waals surface area contributed by atoms with Crippen LogP contribution in [0.2, 0.25) is 5.02 Å². The molecule has 0 unspecified atom stereocenters. The molecule has 20 heavy (non-hydrogen) atoms. The lowest BCUT2D eigenvalue weighted by molar-refractivity contribution is 0.103. The van der Waals surface area contributed by atoms with Gasteiger partial charge in [0, 0.05) is 10.6 Å². The fourth-order valence-electron chi connectivity index (χ4n) is 2.48. The summed E-state index contributed by atoms with van der Waals surface area (Å²) in [7, 11) is 0. The van der Waals surface area contributed by atoms with Crippen molar-refractivity contribution in [1.29, 1.82) is 0 Å². The van der Waals surface area contributed by atoms with Gasteiger partial charge in [-0.05, 0) is 42.5 Å². The number of ketones is 1.